The molecule has 0 aliphatic carbocycles. The number of fused-ring (bicyclic) bond motifs is 1. The summed E-state index contributed by atoms with van der Waals surface area (Å²) in [5.74, 6) is 0.324. The molecule has 0 saturated heterocycles. The molecule has 0 aromatic heterocycles. The number of sulfonamides is 1. The van der Waals surface area contributed by atoms with E-state index in [4.69, 9.17) is 16.3 Å². The lowest BCUT2D eigenvalue weighted by molar-refractivity contribution is -0.123. The number of rotatable bonds is 5. The van der Waals surface area contributed by atoms with E-state index in [2.05, 4.69) is 5.32 Å². The number of ether oxygens (including phenoxy) is 1. The Morgan fingerprint density at radius 1 is 1.24 bits per heavy atom. The van der Waals surface area contributed by atoms with Crippen LogP contribution in [-0.4, -0.2) is 32.2 Å². The van der Waals surface area contributed by atoms with Crippen molar-refractivity contribution in [3.05, 3.63) is 59.1 Å². The van der Waals surface area contributed by atoms with E-state index < -0.39 is 27.6 Å². The number of carbonyl (C=O) groups excluding carboxylic acids is 1. The van der Waals surface area contributed by atoms with Gasteiger partial charge in [-0.1, -0.05) is 35.9 Å². The molecule has 3 rings (SSSR count). The van der Waals surface area contributed by atoms with Gasteiger partial charge in [-0.15, -0.1) is 0 Å². The molecule has 2 atom stereocenters. The van der Waals surface area contributed by atoms with Gasteiger partial charge in [-0.3, -0.25) is 9.10 Å². The molecule has 6 nitrogen and oxygen atoms in total. The largest absolute Gasteiger partial charge is 0.487 e. The highest BCUT2D eigenvalue weighted by Gasteiger charge is 2.36. The number of hydrogen-bond donors (Lipinski definition) is 1. The monoisotopic (exact) mass is 436 g/mol. The fourth-order valence-corrected chi connectivity index (χ4v) is 5.00. The molecule has 0 fully saturated rings. The van der Waals surface area contributed by atoms with Gasteiger partial charge in [-0.2, -0.15) is 0 Å². The van der Waals surface area contributed by atoms with E-state index in [0.29, 0.717) is 17.1 Å². The van der Waals surface area contributed by atoms with Crippen molar-refractivity contribution in [1.29, 1.82) is 0 Å². The first-order chi connectivity index (χ1) is 13.5. The molecule has 1 amide bonds. The van der Waals surface area contributed by atoms with Crippen LogP contribution in [0.3, 0.4) is 0 Å². The zero-order chi connectivity index (χ0) is 21.4. The second-order valence-electron chi connectivity index (χ2n) is 7.88. The lowest BCUT2D eigenvalue weighted by Gasteiger charge is -2.38. The fourth-order valence-electron chi connectivity index (χ4n) is 3.65. The van der Waals surface area contributed by atoms with Crippen molar-refractivity contribution in [2.24, 2.45) is 0 Å². The number of halogens is 1. The van der Waals surface area contributed by atoms with Gasteiger partial charge < -0.3 is 10.1 Å². The average Bonchev–Trinajstić information content (AvgIpc) is 2.59. The van der Waals surface area contributed by atoms with Crippen LogP contribution >= 0.6 is 11.6 Å². The molecule has 1 N–H and O–H groups in total. The summed E-state index contributed by atoms with van der Waals surface area (Å²) in [6.45, 7) is 5.48. The van der Waals surface area contributed by atoms with Crippen molar-refractivity contribution >= 4 is 33.2 Å². The normalized spacial score (nSPS) is 18.9. The number of nitrogens with one attached hydrogen (secondary N) is 1. The summed E-state index contributed by atoms with van der Waals surface area (Å²) in [5, 5.41) is 3.40. The predicted molar refractivity (Wildman–Crippen MR) is 115 cm³/mol. The first-order valence-electron chi connectivity index (χ1n) is 9.31. The molecule has 0 saturated carbocycles. The minimum absolute atomic E-state index is 0.286. The molecule has 1 aliphatic rings. The van der Waals surface area contributed by atoms with Crippen LogP contribution in [0.25, 0.3) is 0 Å². The molecule has 0 bridgehead atoms. The maximum Gasteiger partial charge on any atom is 0.244 e. The third kappa shape index (κ3) is 4.85. The van der Waals surface area contributed by atoms with E-state index in [9.17, 15) is 13.2 Å². The van der Waals surface area contributed by atoms with Crippen molar-refractivity contribution in [2.75, 3.05) is 10.6 Å². The molecule has 2 aromatic carbocycles. The molecular formula is C21H25ClN2O4S. The van der Waals surface area contributed by atoms with Crippen LogP contribution in [0.15, 0.2) is 48.5 Å². The summed E-state index contributed by atoms with van der Waals surface area (Å²) in [4.78, 5) is 13.1. The second kappa shape index (κ2) is 7.88. The lowest BCUT2D eigenvalue weighted by atomic mass is 9.89. The van der Waals surface area contributed by atoms with Gasteiger partial charge in [-0.25, -0.2) is 8.42 Å². The van der Waals surface area contributed by atoms with Crippen LogP contribution in [0.2, 0.25) is 5.02 Å². The third-order valence-electron chi connectivity index (χ3n) is 4.84. The number of amides is 1. The topological polar surface area (TPSA) is 75.7 Å². The smallest absolute Gasteiger partial charge is 0.244 e. The fraction of sp³-hybridized carbons (Fsp3) is 0.381. The summed E-state index contributed by atoms with van der Waals surface area (Å²) >= 11 is 6.03. The molecule has 0 radical (unpaired) electrons. The Kier molecular flexibility index (Phi) is 5.83. The average molecular weight is 437 g/mol. The molecule has 29 heavy (non-hydrogen) atoms. The molecular weight excluding hydrogens is 412 g/mol. The molecule has 1 heterocycles. The number of carbonyl (C=O) groups is 1. The molecule has 8 heteroatoms. The second-order valence-corrected chi connectivity index (χ2v) is 10.2. The minimum atomic E-state index is -3.71. The molecule has 1 aliphatic heterocycles. The standard InChI is InChI=1S/C21H25ClN2O4S/c1-14(24(29(4,26)27)16-9-7-8-15(22)12-16)20(25)23-18-13-21(2,3)28-19-11-6-5-10-17(18)19/h5-12,14,18H,13H2,1-4H3,(H,23,25). The van der Waals surface area contributed by atoms with Crippen molar-refractivity contribution < 1.29 is 17.9 Å². The Balaban J connectivity index is 1.89. The summed E-state index contributed by atoms with van der Waals surface area (Å²) in [6, 6.07) is 12.7. The van der Waals surface area contributed by atoms with Gasteiger partial charge in [0.15, 0.2) is 0 Å². The lowest BCUT2D eigenvalue weighted by Crippen LogP contribution is -2.50. The van der Waals surface area contributed by atoms with Gasteiger partial charge >= 0.3 is 0 Å². The van der Waals surface area contributed by atoms with Gasteiger partial charge in [0, 0.05) is 17.0 Å². The molecule has 2 aromatic rings. The molecule has 156 valence electrons. The molecule has 2 unspecified atom stereocenters. The van der Waals surface area contributed by atoms with Crippen LogP contribution in [0.4, 0.5) is 5.69 Å². The van der Waals surface area contributed by atoms with E-state index in [0.717, 1.165) is 21.9 Å². The van der Waals surface area contributed by atoms with Gasteiger partial charge in [-0.05, 0) is 45.0 Å². The number of nitrogens with zero attached hydrogens (tertiary/aromatic N) is 1. The van der Waals surface area contributed by atoms with Gasteiger partial charge in [0.2, 0.25) is 15.9 Å². The summed E-state index contributed by atoms with van der Waals surface area (Å²) in [6.07, 6.45) is 1.64. The SMILES string of the molecule is CC(C(=O)NC1CC(C)(C)Oc2ccccc21)N(c1cccc(Cl)c1)S(C)(=O)=O. The van der Waals surface area contributed by atoms with Crippen LogP contribution in [0.5, 0.6) is 5.75 Å². The van der Waals surface area contributed by atoms with Crippen molar-refractivity contribution in [1.82, 2.24) is 5.32 Å². The maximum atomic E-state index is 13.1. The van der Waals surface area contributed by atoms with Crippen LogP contribution < -0.4 is 14.4 Å². The summed E-state index contributed by atoms with van der Waals surface area (Å²) < 4.78 is 32.0. The van der Waals surface area contributed by atoms with E-state index in [-0.39, 0.29) is 6.04 Å². The number of hydrogen-bond acceptors (Lipinski definition) is 4. The van der Waals surface area contributed by atoms with Gasteiger partial charge in [0.1, 0.15) is 17.4 Å². The Bertz CT molecular complexity index is 1020. The van der Waals surface area contributed by atoms with Crippen molar-refractivity contribution in [3.8, 4) is 5.75 Å². The zero-order valence-electron chi connectivity index (χ0n) is 16.8. The van der Waals surface area contributed by atoms with Crippen LogP contribution in [0.1, 0.15) is 38.8 Å². The maximum absolute atomic E-state index is 13.1. The zero-order valence-corrected chi connectivity index (χ0v) is 18.4. The summed E-state index contributed by atoms with van der Waals surface area (Å²) in [7, 11) is -3.71. The highest BCUT2D eigenvalue weighted by Crippen LogP contribution is 2.39. The quantitative estimate of drug-likeness (QED) is 0.770. The Morgan fingerprint density at radius 2 is 1.93 bits per heavy atom. The van der Waals surface area contributed by atoms with Crippen molar-refractivity contribution in [2.45, 2.75) is 44.9 Å². The van der Waals surface area contributed by atoms with E-state index in [1.165, 1.54) is 6.07 Å². The summed E-state index contributed by atoms with van der Waals surface area (Å²) in [5.41, 5.74) is 0.760. The van der Waals surface area contributed by atoms with Crippen LogP contribution in [0, 0.1) is 0 Å². The highest BCUT2D eigenvalue weighted by atomic mass is 35.5. The molecule has 0 spiro atoms. The number of para-hydroxylation sites is 1. The first-order valence-corrected chi connectivity index (χ1v) is 11.5. The van der Waals surface area contributed by atoms with Crippen molar-refractivity contribution in [3.63, 3.8) is 0 Å². The van der Waals surface area contributed by atoms with Crippen LogP contribution in [-0.2, 0) is 14.8 Å². The van der Waals surface area contributed by atoms with E-state index in [1.54, 1.807) is 25.1 Å². The Labute approximate surface area is 176 Å². The van der Waals surface area contributed by atoms with Gasteiger partial charge in [0.25, 0.3) is 0 Å². The Hall–Kier alpha value is -2.25. The van der Waals surface area contributed by atoms with E-state index >= 15 is 0 Å². The van der Waals surface area contributed by atoms with E-state index in [1.807, 2.05) is 38.1 Å². The third-order valence-corrected chi connectivity index (χ3v) is 6.32. The van der Waals surface area contributed by atoms with Gasteiger partial charge in [0.05, 0.1) is 18.0 Å². The highest BCUT2D eigenvalue weighted by molar-refractivity contribution is 7.92. The number of anilines is 1. The minimum Gasteiger partial charge on any atom is -0.487 e. The Morgan fingerprint density at radius 3 is 2.59 bits per heavy atom. The predicted octanol–water partition coefficient (Wildman–Crippen LogP) is 3.91. The first kappa shape index (κ1) is 21.5. The number of benzene rings is 2.